The van der Waals surface area contributed by atoms with Crippen LogP contribution in [0.2, 0.25) is 0 Å². The summed E-state index contributed by atoms with van der Waals surface area (Å²) >= 11 is 0. The van der Waals surface area contributed by atoms with Crippen LogP contribution in [0.25, 0.3) is 17.2 Å². The van der Waals surface area contributed by atoms with Crippen molar-refractivity contribution in [3.63, 3.8) is 0 Å². The van der Waals surface area contributed by atoms with Crippen LogP contribution in [0.1, 0.15) is 52.0 Å². The fourth-order valence-corrected chi connectivity index (χ4v) is 3.37. The SMILES string of the molecule is CCCCNC(=O)N(C)c1cccc(-c2ccc(/C=C(\OCC)C(=O)OC)cc2OCCCC)c1. The molecule has 0 aromatic heterocycles. The highest BCUT2D eigenvalue weighted by molar-refractivity contribution is 5.93. The van der Waals surface area contributed by atoms with Gasteiger partial charge in [0, 0.05) is 24.8 Å². The van der Waals surface area contributed by atoms with Gasteiger partial charge in [-0.15, -0.1) is 0 Å². The summed E-state index contributed by atoms with van der Waals surface area (Å²) in [4.78, 5) is 26.2. The van der Waals surface area contributed by atoms with Crippen LogP contribution in [-0.2, 0) is 14.3 Å². The number of rotatable bonds is 13. The van der Waals surface area contributed by atoms with Crippen molar-refractivity contribution < 1.29 is 23.8 Å². The third-order valence-corrected chi connectivity index (χ3v) is 5.40. The monoisotopic (exact) mass is 482 g/mol. The van der Waals surface area contributed by atoms with E-state index in [0.29, 0.717) is 25.5 Å². The zero-order chi connectivity index (χ0) is 25.6. The highest BCUT2D eigenvalue weighted by atomic mass is 16.6. The highest BCUT2D eigenvalue weighted by Crippen LogP contribution is 2.34. The van der Waals surface area contributed by atoms with E-state index in [1.54, 1.807) is 18.0 Å². The summed E-state index contributed by atoms with van der Waals surface area (Å²) in [5.41, 5.74) is 3.37. The van der Waals surface area contributed by atoms with Gasteiger partial charge >= 0.3 is 12.0 Å². The van der Waals surface area contributed by atoms with Gasteiger partial charge < -0.3 is 19.5 Å². The van der Waals surface area contributed by atoms with E-state index in [1.165, 1.54) is 7.11 Å². The minimum absolute atomic E-state index is 0.137. The predicted octanol–water partition coefficient (Wildman–Crippen LogP) is 6.03. The molecular formula is C28H38N2O5. The number of esters is 1. The fourth-order valence-electron chi connectivity index (χ4n) is 3.37. The Bertz CT molecular complexity index is 1000. The van der Waals surface area contributed by atoms with Crippen molar-refractivity contribution in [1.82, 2.24) is 5.32 Å². The van der Waals surface area contributed by atoms with Gasteiger partial charge in [-0.1, -0.05) is 51.0 Å². The number of urea groups is 1. The molecule has 2 rings (SSSR count). The van der Waals surface area contributed by atoms with Crippen LogP contribution in [0.5, 0.6) is 5.75 Å². The van der Waals surface area contributed by atoms with E-state index in [4.69, 9.17) is 14.2 Å². The van der Waals surface area contributed by atoms with Gasteiger partial charge in [0.25, 0.3) is 0 Å². The van der Waals surface area contributed by atoms with Gasteiger partial charge in [-0.05, 0) is 55.2 Å². The number of ether oxygens (including phenoxy) is 3. The van der Waals surface area contributed by atoms with Crippen molar-refractivity contribution in [3.05, 3.63) is 53.8 Å². The Morgan fingerprint density at radius 3 is 2.49 bits per heavy atom. The molecule has 0 aliphatic carbocycles. The van der Waals surface area contributed by atoms with Crippen molar-refractivity contribution in [1.29, 1.82) is 0 Å². The Morgan fingerprint density at radius 2 is 1.80 bits per heavy atom. The molecular weight excluding hydrogens is 444 g/mol. The molecule has 1 N–H and O–H groups in total. The first-order valence-corrected chi connectivity index (χ1v) is 12.3. The first kappa shape index (κ1) is 27.8. The van der Waals surface area contributed by atoms with E-state index in [1.807, 2.05) is 49.4 Å². The molecule has 2 aromatic carbocycles. The molecule has 0 fully saturated rings. The summed E-state index contributed by atoms with van der Waals surface area (Å²) in [6.45, 7) is 7.59. The molecule has 2 aromatic rings. The number of hydrogen-bond donors (Lipinski definition) is 1. The average Bonchev–Trinajstić information content (AvgIpc) is 2.88. The molecule has 0 atom stereocenters. The molecule has 0 spiro atoms. The third-order valence-electron chi connectivity index (χ3n) is 5.40. The van der Waals surface area contributed by atoms with E-state index < -0.39 is 5.97 Å². The Balaban J connectivity index is 2.40. The zero-order valence-corrected chi connectivity index (χ0v) is 21.6. The molecule has 0 unspecified atom stereocenters. The molecule has 7 nitrogen and oxygen atoms in total. The van der Waals surface area contributed by atoms with Gasteiger partial charge in [0.05, 0.1) is 20.3 Å². The maximum absolute atomic E-state index is 12.5. The van der Waals surface area contributed by atoms with E-state index in [0.717, 1.165) is 48.1 Å². The number of methoxy groups -OCH3 is 1. The maximum atomic E-state index is 12.5. The lowest BCUT2D eigenvalue weighted by atomic mass is 10.0. The Hall–Kier alpha value is -3.48. The molecule has 0 radical (unpaired) electrons. The second kappa shape index (κ2) is 14.7. The molecule has 35 heavy (non-hydrogen) atoms. The third kappa shape index (κ3) is 8.35. The quantitative estimate of drug-likeness (QED) is 0.163. The summed E-state index contributed by atoms with van der Waals surface area (Å²) in [6, 6.07) is 13.4. The minimum atomic E-state index is -0.530. The van der Waals surface area contributed by atoms with Crippen molar-refractivity contribution in [3.8, 4) is 16.9 Å². The average molecular weight is 483 g/mol. The Kier molecular flexibility index (Phi) is 11.7. The van der Waals surface area contributed by atoms with Crippen molar-refractivity contribution in [2.45, 2.75) is 46.5 Å². The molecule has 2 amide bonds. The first-order chi connectivity index (χ1) is 16.9. The second-order valence-electron chi connectivity index (χ2n) is 8.09. The second-order valence-corrected chi connectivity index (χ2v) is 8.09. The zero-order valence-electron chi connectivity index (χ0n) is 21.6. The summed E-state index contributed by atoms with van der Waals surface area (Å²) in [5.74, 6) is 0.303. The smallest absolute Gasteiger partial charge is 0.373 e. The molecule has 0 bridgehead atoms. The standard InChI is InChI=1S/C28H38N2O5/c1-6-9-16-29-28(32)30(4)23-13-11-12-22(20-23)24-15-14-21(18-25(24)35-17-10-7-2)19-26(34-8-3)27(31)33-5/h11-15,18-20H,6-10,16-17H2,1-5H3,(H,29,32)/b26-19-. The van der Waals surface area contributed by atoms with Gasteiger partial charge in [-0.2, -0.15) is 0 Å². The van der Waals surface area contributed by atoms with Crippen LogP contribution in [0.3, 0.4) is 0 Å². The van der Waals surface area contributed by atoms with Crippen LogP contribution in [0, 0.1) is 0 Å². The Labute approximate surface area is 209 Å². The van der Waals surface area contributed by atoms with Crippen molar-refractivity contribution in [2.24, 2.45) is 0 Å². The highest BCUT2D eigenvalue weighted by Gasteiger charge is 2.15. The number of carbonyl (C=O) groups is 2. The number of nitrogens with one attached hydrogen (secondary N) is 1. The topological polar surface area (TPSA) is 77.1 Å². The van der Waals surface area contributed by atoms with Gasteiger partial charge in [0.1, 0.15) is 5.75 Å². The summed E-state index contributed by atoms with van der Waals surface area (Å²) in [7, 11) is 3.08. The summed E-state index contributed by atoms with van der Waals surface area (Å²) in [6.07, 6.45) is 5.55. The number of benzene rings is 2. The van der Waals surface area contributed by atoms with Gasteiger partial charge in [0.2, 0.25) is 5.76 Å². The number of anilines is 1. The summed E-state index contributed by atoms with van der Waals surface area (Å²) in [5, 5.41) is 2.94. The first-order valence-electron chi connectivity index (χ1n) is 12.3. The maximum Gasteiger partial charge on any atom is 0.373 e. The van der Waals surface area contributed by atoms with E-state index in [9.17, 15) is 9.59 Å². The molecule has 7 heteroatoms. The van der Waals surface area contributed by atoms with Gasteiger partial charge in [-0.3, -0.25) is 4.90 Å². The van der Waals surface area contributed by atoms with Crippen LogP contribution in [0.4, 0.5) is 10.5 Å². The Morgan fingerprint density at radius 1 is 1.03 bits per heavy atom. The van der Waals surface area contributed by atoms with Gasteiger partial charge in [-0.25, -0.2) is 9.59 Å². The minimum Gasteiger partial charge on any atom is -0.493 e. The van der Waals surface area contributed by atoms with Crippen LogP contribution < -0.4 is 15.0 Å². The normalized spacial score (nSPS) is 11.1. The number of nitrogens with zero attached hydrogens (tertiary/aromatic N) is 1. The van der Waals surface area contributed by atoms with Crippen LogP contribution in [-0.4, -0.2) is 45.9 Å². The van der Waals surface area contributed by atoms with Crippen LogP contribution >= 0.6 is 0 Å². The number of carbonyl (C=O) groups excluding carboxylic acids is 2. The van der Waals surface area contributed by atoms with Crippen LogP contribution in [0.15, 0.2) is 48.2 Å². The lowest BCUT2D eigenvalue weighted by molar-refractivity contribution is -0.139. The summed E-state index contributed by atoms with van der Waals surface area (Å²) < 4.78 is 16.4. The predicted molar refractivity (Wildman–Crippen MR) is 141 cm³/mol. The van der Waals surface area contributed by atoms with Crippen molar-refractivity contribution >= 4 is 23.8 Å². The fraction of sp³-hybridized carbons (Fsp3) is 0.429. The molecule has 0 heterocycles. The molecule has 0 aliphatic heterocycles. The van der Waals surface area contributed by atoms with E-state index in [2.05, 4.69) is 19.2 Å². The largest absolute Gasteiger partial charge is 0.493 e. The molecule has 0 saturated heterocycles. The van der Waals surface area contributed by atoms with Gasteiger partial charge in [0.15, 0.2) is 0 Å². The lowest BCUT2D eigenvalue weighted by Gasteiger charge is -2.19. The number of amides is 2. The molecule has 190 valence electrons. The molecule has 0 saturated carbocycles. The molecule has 0 aliphatic rings. The van der Waals surface area contributed by atoms with Crippen molar-refractivity contribution in [2.75, 3.05) is 38.8 Å². The number of unbranched alkanes of at least 4 members (excludes halogenated alkanes) is 2. The van der Waals surface area contributed by atoms with E-state index in [-0.39, 0.29) is 11.8 Å². The van der Waals surface area contributed by atoms with E-state index >= 15 is 0 Å². The number of hydrogen-bond acceptors (Lipinski definition) is 5. The lowest BCUT2D eigenvalue weighted by Crippen LogP contribution is -2.37.